The summed E-state index contributed by atoms with van der Waals surface area (Å²) in [5, 5.41) is 12.0. The van der Waals surface area contributed by atoms with Gasteiger partial charge in [0.1, 0.15) is 6.07 Å². The molecule has 0 spiro atoms. The first-order chi connectivity index (χ1) is 8.33. The molecule has 0 saturated heterocycles. The topological polar surface area (TPSA) is 61.6 Å². The standard InChI is InChI=1S/C12H10N4S/c1-17-10-4-2-3-9(7-10)16-12-11(8-13)14-5-6-15-12/h2-7H,1H3,(H,15,16). The molecule has 2 rings (SSSR count). The summed E-state index contributed by atoms with van der Waals surface area (Å²) in [6.45, 7) is 0. The first-order valence-electron chi connectivity index (χ1n) is 4.95. The fourth-order valence-corrected chi connectivity index (χ4v) is 1.81. The summed E-state index contributed by atoms with van der Waals surface area (Å²) in [5.41, 5.74) is 1.19. The third kappa shape index (κ3) is 2.74. The van der Waals surface area contributed by atoms with Gasteiger partial charge in [0.25, 0.3) is 0 Å². The quantitative estimate of drug-likeness (QED) is 0.838. The third-order valence-corrected chi connectivity index (χ3v) is 2.86. The minimum atomic E-state index is 0.294. The van der Waals surface area contributed by atoms with Crippen molar-refractivity contribution >= 4 is 23.3 Å². The number of benzene rings is 1. The summed E-state index contributed by atoms with van der Waals surface area (Å²) in [4.78, 5) is 9.19. The highest BCUT2D eigenvalue weighted by Crippen LogP contribution is 2.22. The van der Waals surface area contributed by atoms with Gasteiger partial charge in [-0.2, -0.15) is 5.26 Å². The molecule has 1 aromatic carbocycles. The zero-order chi connectivity index (χ0) is 12.1. The number of nitrogens with one attached hydrogen (secondary N) is 1. The summed E-state index contributed by atoms with van der Waals surface area (Å²) in [6.07, 6.45) is 5.08. The van der Waals surface area contributed by atoms with E-state index in [1.54, 1.807) is 18.0 Å². The second kappa shape index (κ2) is 5.32. The van der Waals surface area contributed by atoms with E-state index in [1.165, 1.54) is 6.20 Å². The summed E-state index contributed by atoms with van der Waals surface area (Å²) in [5.74, 6) is 0.480. The van der Waals surface area contributed by atoms with Gasteiger partial charge >= 0.3 is 0 Å². The summed E-state index contributed by atoms with van der Waals surface area (Å²) < 4.78 is 0. The van der Waals surface area contributed by atoms with Crippen LogP contribution < -0.4 is 5.32 Å². The molecule has 17 heavy (non-hydrogen) atoms. The Morgan fingerprint density at radius 3 is 2.88 bits per heavy atom. The molecule has 84 valence electrons. The van der Waals surface area contributed by atoms with Gasteiger partial charge in [-0.3, -0.25) is 0 Å². The predicted octanol–water partition coefficient (Wildman–Crippen LogP) is 2.81. The zero-order valence-electron chi connectivity index (χ0n) is 9.21. The van der Waals surface area contributed by atoms with Crippen LogP contribution in [-0.2, 0) is 0 Å². The minimum absolute atomic E-state index is 0.294. The number of nitriles is 1. The molecule has 1 aromatic heterocycles. The molecule has 0 aliphatic carbocycles. The fraction of sp³-hybridized carbons (Fsp3) is 0.0833. The number of hydrogen-bond acceptors (Lipinski definition) is 5. The number of hydrogen-bond donors (Lipinski definition) is 1. The molecule has 0 aliphatic rings. The van der Waals surface area contributed by atoms with Gasteiger partial charge in [0, 0.05) is 23.0 Å². The lowest BCUT2D eigenvalue weighted by Gasteiger charge is -2.07. The van der Waals surface area contributed by atoms with E-state index in [-0.39, 0.29) is 0 Å². The van der Waals surface area contributed by atoms with Crippen LogP contribution in [0.25, 0.3) is 0 Å². The molecule has 2 aromatic rings. The van der Waals surface area contributed by atoms with Crippen LogP contribution >= 0.6 is 11.8 Å². The van der Waals surface area contributed by atoms with E-state index in [4.69, 9.17) is 5.26 Å². The molecule has 0 aliphatic heterocycles. The van der Waals surface area contributed by atoms with Crippen LogP contribution in [0.4, 0.5) is 11.5 Å². The van der Waals surface area contributed by atoms with E-state index < -0.39 is 0 Å². The summed E-state index contributed by atoms with van der Waals surface area (Å²) in [6, 6.07) is 9.91. The Labute approximate surface area is 104 Å². The lowest BCUT2D eigenvalue weighted by Crippen LogP contribution is -1.98. The summed E-state index contributed by atoms with van der Waals surface area (Å²) >= 11 is 1.66. The maximum Gasteiger partial charge on any atom is 0.183 e. The monoisotopic (exact) mass is 242 g/mol. The number of aromatic nitrogens is 2. The van der Waals surface area contributed by atoms with E-state index >= 15 is 0 Å². The molecule has 1 N–H and O–H groups in total. The maximum absolute atomic E-state index is 8.90. The average Bonchev–Trinajstić information content (AvgIpc) is 2.39. The summed E-state index contributed by atoms with van der Waals surface area (Å²) in [7, 11) is 0. The fourth-order valence-electron chi connectivity index (χ4n) is 1.35. The zero-order valence-corrected chi connectivity index (χ0v) is 10.0. The van der Waals surface area contributed by atoms with Gasteiger partial charge in [-0.15, -0.1) is 11.8 Å². The first-order valence-corrected chi connectivity index (χ1v) is 6.18. The lowest BCUT2D eigenvalue weighted by molar-refractivity contribution is 1.16. The second-order valence-corrected chi connectivity index (χ2v) is 4.10. The Morgan fingerprint density at radius 2 is 2.12 bits per heavy atom. The molecule has 0 saturated carbocycles. The van der Waals surface area contributed by atoms with Crippen LogP contribution in [0.3, 0.4) is 0 Å². The molecule has 5 heteroatoms. The molecule has 0 radical (unpaired) electrons. The van der Waals surface area contributed by atoms with Gasteiger partial charge in [-0.05, 0) is 24.5 Å². The van der Waals surface area contributed by atoms with Crippen molar-refractivity contribution in [2.45, 2.75) is 4.90 Å². The van der Waals surface area contributed by atoms with Crippen molar-refractivity contribution in [3.05, 3.63) is 42.4 Å². The predicted molar refractivity (Wildman–Crippen MR) is 68.3 cm³/mol. The molecule has 0 unspecified atom stereocenters. The smallest absolute Gasteiger partial charge is 0.183 e. The molecule has 4 nitrogen and oxygen atoms in total. The molecule has 0 bridgehead atoms. The van der Waals surface area contributed by atoms with E-state index in [2.05, 4.69) is 15.3 Å². The number of rotatable bonds is 3. The highest BCUT2D eigenvalue weighted by atomic mass is 32.2. The van der Waals surface area contributed by atoms with Crippen LogP contribution in [0.1, 0.15) is 5.69 Å². The van der Waals surface area contributed by atoms with Gasteiger partial charge in [0.2, 0.25) is 0 Å². The van der Waals surface area contributed by atoms with Crippen molar-refractivity contribution in [3.8, 4) is 6.07 Å². The number of nitrogens with zero attached hydrogens (tertiary/aromatic N) is 3. The third-order valence-electron chi connectivity index (χ3n) is 2.14. The van der Waals surface area contributed by atoms with Crippen molar-refractivity contribution in [1.29, 1.82) is 5.26 Å². The lowest BCUT2D eigenvalue weighted by atomic mass is 10.3. The van der Waals surface area contributed by atoms with Crippen LogP contribution in [0.2, 0.25) is 0 Å². The molecular weight excluding hydrogens is 232 g/mol. The van der Waals surface area contributed by atoms with E-state index in [1.807, 2.05) is 36.6 Å². The molecule has 0 atom stereocenters. The molecule has 0 amide bonds. The van der Waals surface area contributed by atoms with E-state index in [9.17, 15) is 0 Å². The Hall–Kier alpha value is -2.06. The minimum Gasteiger partial charge on any atom is -0.338 e. The van der Waals surface area contributed by atoms with Crippen LogP contribution in [-0.4, -0.2) is 16.2 Å². The Bertz CT molecular complexity index is 562. The van der Waals surface area contributed by atoms with Crippen molar-refractivity contribution in [3.63, 3.8) is 0 Å². The van der Waals surface area contributed by atoms with Crippen molar-refractivity contribution in [1.82, 2.24) is 9.97 Å². The van der Waals surface area contributed by atoms with Gasteiger partial charge in [-0.1, -0.05) is 6.07 Å². The van der Waals surface area contributed by atoms with Crippen molar-refractivity contribution in [2.24, 2.45) is 0 Å². The van der Waals surface area contributed by atoms with Gasteiger partial charge in [-0.25, -0.2) is 9.97 Å². The highest BCUT2D eigenvalue weighted by molar-refractivity contribution is 7.98. The van der Waals surface area contributed by atoms with Gasteiger partial charge in [0.15, 0.2) is 11.5 Å². The van der Waals surface area contributed by atoms with Crippen LogP contribution in [0.5, 0.6) is 0 Å². The molecular formula is C12H10N4S. The SMILES string of the molecule is CSc1cccc(Nc2nccnc2C#N)c1. The molecule has 0 fully saturated rings. The maximum atomic E-state index is 8.90. The van der Waals surface area contributed by atoms with Crippen LogP contribution in [0, 0.1) is 11.3 Å². The number of thioether (sulfide) groups is 1. The van der Waals surface area contributed by atoms with Crippen LogP contribution in [0.15, 0.2) is 41.6 Å². The Balaban J connectivity index is 2.28. The largest absolute Gasteiger partial charge is 0.338 e. The Kier molecular flexibility index (Phi) is 3.58. The van der Waals surface area contributed by atoms with Gasteiger partial charge < -0.3 is 5.32 Å². The van der Waals surface area contributed by atoms with Gasteiger partial charge in [0.05, 0.1) is 0 Å². The number of anilines is 2. The first kappa shape index (κ1) is 11.4. The second-order valence-electron chi connectivity index (χ2n) is 3.22. The van der Waals surface area contributed by atoms with E-state index in [0.29, 0.717) is 11.5 Å². The average molecular weight is 242 g/mol. The molecule has 1 heterocycles. The van der Waals surface area contributed by atoms with Crippen molar-refractivity contribution < 1.29 is 0 Å². The van der Waals surface area contributed by atoms with Crippen molar-refractivity contribution in [2.75, 3.05) is 11.6 Å². The highest BCUT2D eigenvalue weighted by Gasteiger charge is 2.04. The Morgan fingerprint density at radius 1 is 1.29 bits per heavy atom. The normalized spacial score (nSPS) is 9.65. The van der Waals surface area contributed by atoms with E-state index in [0.717, 1.165) is 10.6 Å².